The molecule has 0 saturated carbocycles. The Bertz CT molecular complexity index is 782. The highest BCUT2D eigenvalue weighted by Gasteiger charge is 2.19. The highest BCUT2D eigenvalue weighted by molar-refractivity contribution is 9.10. The zero-order valence-corrected chi connectivity index (χ0v) is 12.6. The van der Waals surface area contributed by atoms with E-state index in [1.165, 1.54) is 22.8 Å². The van der Waals surface area contributed by atoms with Crippen LogP contribution >= 0.6 is 15.9 Å². The van der Waals surface area contributed by atoms with Gasteiger partial charge in [0.05, 0.1) is 13.2 Å². The van der Waals surface area contributed by atoms with Gasteiger partial charge in [-0.25, -0.2) is 4.79 Å². The molecule has 0 unspecified atom stereocenters. The van der Waals surface area contributed by atoms with Gasteiger partial charge in [0.15, 0.2) is 0 Å². The largest absolute Gasteiger partial charge is 0.493 e. The average molecular weight is 350 g/mol. The van der Waals surface area contributed by atoms with Gasteiger partial charge in [-0.2, -0.15) is 0 Å². The molecule has 2 aromatic rings. The Balaban J connectivity index is 2.10. The van der Waals surface area contributed by atoms with E-state index >= 15 is 0 Å². The van der Waals surface area contributed by atoms with E-state index in [1.54, 1.807) is 0 Å². The standard InChI is InChI=1S/C15H12BrNO4/c16-11-6-9-4-5-21-14(9)10(7-11)8-17-12(15(19)20)2-1-3-13(17)18/h1-3,6-7H,4-5,8H2,(H,19,20). The van der Waals surface area contributed by atoms with Crippen LogP contribution in [0.1, 0.15) is 21.6 Å². The molecule has 0 spiro atoms. The third-order valence-electron chi connectivity index (χ3n) is 3.42. The van der Waals surface area contributed by atoms with E-state index in [1.807, 2.05) is 12.1 Å². The number of halogens is 1. The SMILES string of the molecule is O=C(O)c1cccc(=O)n1Cc1cc(Br)cc2c1OCC2. The maximum Gasteiger partial charge on any atom is 0.352 e. The third-order valence-corrected chi connectivity index (χ3v) is 3.88. The number of nitrogens with zero attached hydrogens (tertiary/aromatic N) is 1. The van der Waals surface area contributed by atoms with Gasteiger partial charge >= 0.3 is 5.97 Å². The summed E-state index contributed by atoms with van der Waals surface area (Å²) in [4.78, 5) is 23.2. The van der Waals surface area contributed by atoms with E-state index in [2.05, 4.69) is 15.9 Å². The minimum absolute atomic E-state index is 0.0331. The number of carbonyl (C=O) groups is 1. The molecule has 1 aromatic heterocycles. The molecule has 0 atom stereocenters. The molecule has 0 amide bonds. The molecule has 0 radical (unpaired) electrons. The molecule has 1 N–H and O–H groups in total. The zero-order chi connectivity index (χ0) is 15.0. The monoisotopic (exact) mass is 349 g/mol. The van der Waals surface area contributed by atoms with Crippen LogP contribution in [0, 0.1) is 0 Å². The second-order valence-corrected chi connectivity index (χ2v) is 5.71. The molecule has 1 aromatic carbocycles. The Morgan fingerprint density at radius 2 is 2.19 bits per heavy atom. The summed E-state index contributed by atoms with van der Waals surface area (Å²) in [6, 6.07) is 8.06. The van der Waals surface area contributed by atoms with Crippen molar-refractivity contribution < 1.29 is 14.6 Å². The first-order valence-electron chi connectivity index (χ1n) is 6.43. The number of aromatic nitrogens is 1. The van der Waals surface area contributed by atoms with Crippen molar-refractivity contribution in [3.63, 3.8) is 0 Å². The normalized spacial score (nSPS) is 12.8. The molecule has 1 aliphatic rings. The Morgan fingerprint density at radius 1 is 1.38 bits per heavy atom. The van der Waals surface area contributed by atoms with Crippen LogP contribution in [-0.2, 0) is 13.0 Å². The third kappa shape index (κ3) is 2.58. The van der Waals surface area contributed by atoms with Crippen LogP contribution in [0.4, 0.5) is 0 Å². The maximum absolute atomic E-state index is 12.0. The molecule has 3 rings (SSSR count). The fraction of sp³-hybridized carbons (Fsp3) is 0.200. The van der Waals surface area contributed by atoms with Gasteiger partial charge in [0.2, 0.25) is 0 Å². The Hall–Kier alpha value is -2.08. The lowest BCUT2D eigenvalue weighted by Gasteiger charge is -2.13. The van der Waals surface area contributed by atoms with Crippen molar-refractivity contribution in [2.75, 3.05) is 6.61 Å². The summed E-state index contributed by atoms with van der Waals surface area (Å²) in [5.41, 5.74) is 1.49. The van der Waals surface area contributed by atoms with Crippen LogP contribution in [0.3, 0.4) is 0 Å². The van der Waals surface area contributed by atoms with E-state index in [0.717, 1.165) is 27.8 Å². The predicted molar refractivity (Wildman–Crippen MR) is 80.1 cm³/mol. The minimum atomic E-state index is -1.12. The van der Waals surface area contributed by atoms with Crippen molar-refractivity contribution in [3.8, 4) is 5.75 Å². The van der Waals surface area contributed by atoms with E-state index in [4.69, 9.17) is 4.74 Å². The molecule has 0 fully saturated rings. The lowest BCUT2D eigenvalue weighted by Crippen LogP contribution is -2.25. The van der Waals surface area contributed by atoms with Crippen molar-refractivity contribution in [1.29, 1.82) is 0 Å². The number of aromatic carboxylic acids is 1. The molecular weight excluding hydrogens is 338 g/mol. The molecule has 0 aliphatic carbocycles. The van der Waals surface area contributed by atoms with Crippen molar-refractivity contribution >= 4 is 21.9 Å². The summed E-state index contributed by atoms with van der Waals surface area (Å²) in [5, 5.41) is 9.22. The smallest absolute Gasteiger partial charge is 0.352 e. The van der Waals surface area contributed by atoms with Crippen LogP contribution in [0.2, 0.25) is 0 Å². The number of hydrogen-bond donors (Lipinski definition) is 1. The Labute approximate surface area is 128 Å². The molecule has 1 aliphatic heterocycles. The minimum Gasteiger partial charge on any atom is -0.493 e. The lowest BCUT2D eigenvalue weighted by molar-refractivity contribution is 0.0684. The Kier molecular flexibility index (Phi) is 3.55. The summed E-state index contributed by atoms with van der Waals surface area (Å²) in [6.07, 6.45) is 0.817. The summed E-state index contributed by atoms with van der Waals surface area (Å²) < 4.78 is 7.75. The molecule has 21 heavy (non-hydrogen) atoms. The summed E-state index contributed by atoms with van der Waals surface area (Å²) in [7, 11) is 0. The number of fused-ring (bicyclic) bond motifs is 1. The number of pyridine rings is 1. The zero-order valence-electron chi connectivity index (χ0n) is 11.0. The van der Waals surface area contributed by atoms with Crippen LogP contribution in [0.25, 0.3) is 0 Å². The van der Waals surface area contributed by atoms with Crippen LogP contribution in [0.5, 0.6) is 5.75 Å². The average Bonchev–Trinajstić information content (AvgIpc) is 2.88. The lowest BCUT2D eigenvalue weighted by atomic mass is 10.1. The summed E-state index contributed by atoms with van der Waals surface area (Å²) in [5.74, 6) is -0.370. The highest BCUT2D eigenvalue weighted by Crippen LogP contribution is 2.33. The van der Waals surface area contributed by atoms with Gasteiger partial charge in [0.1, 0.15) is 11.4 Å². The number of ether oxygens (including phenoxy) is 1. The second-order valence-electron chi connectivity index (χ2n) is 4.79. The van der Waals surface area contributed by atoms with Gasteiger partial charge in [-0.3, -0.25) is 9.36 Å². The van der Waals surface area contributed by atoms with E-state index in [9.17, 15) is 14.7 Å². The van der Waals surface area contributed by atoms with Crippen molar-refractivity contribution in [2.45, 2.75) is 13.0 Å². The fourth-order valence-electron chi connectivity index (χ4n) is 2.50. The molecule has 0 saturated heterocycles. The number of carboxylic acids is 1. The highest BCUT2D eigenvalue weighted by atomic mass is 79.9. The van der Waals surface area contributed by atoms with Gasteiger partial charge in [0, 0.05) is 22.5 Å². The molecule has 5 nitrogen and oxygen atoms in total. The summed E-state index contributed by atoms with van der Waals surface area (Å²) in [6.45, 7) is 0.775. The second kappa shape index (κ2) is 5.37. The number of benzene rings is 1. The summed E-state index contributed by atoms with van der Waals surface area (Å²) >= 11 is 3.44. The number of carboxylic acid groups (broad SMARTS) is 1. The first-order chi connectivity index (χ1) is 10.1. The van der Waals surface area contributed by atoms with Gasteiger partial charge in [-0.1, -0.05) is 22.0 Å². The maximum atomic E-state index is 12.0. The molecule has 2 heterocycles. The molecular formula is C15H12BrNO4. The quantitative estimate of drug-likeness (QED) is 0.922. The van der Waals surface area contributed by atoms with Gasteiger partial charge in [-0.05, 0) is 23.8 Å². The van der Waals surface area contributed by atoms with Crippen LogP contribution in [-0.4, -0.2) is 22.2 Å². The topological polar surface area (TPSA) is 68.5 Å². The Morgan fingerprint density at radius 3 is 2.95 bits per heavy atom. The first-order valence-corrected chi connectivity index (χ1v) is 7.23. The number of hydrogen-bond acceptors (Lipinski definition) is 3. The fourth-order valence-corrected chi connectivity index (χ4v) is 3.06. The van der Waals surface area contributed by atoms with E-state index in [-0.39, 0.29) is 17.8 Å². The van der Waals surface area contributed by atoms with Crippen molar-refractivity contribution in [3.05, 3.63) is 62.0 Å². The molecule has 108 valence electrons. The van der Waals surface area contributed by atoms with Gasteiger partial charge < -0.3 is 9.84 Å². The molecule has 0 bridgehead atoms. The van der Waals surface area contributed by atoms with Gasteiger partial charge in [0.25, 0.3) is 5.56 Å². The first kappa shape index (κ1) is 13.9. The molecule has 6 heteroatoms. The van der Waals surface area contributed by atoms with E-state index < -0.39 is 5.97 Å². The van der Waals surface area contributed by atoms with Crippen molar-refractivity contribution in [2.24, 2.45) is 0 Å². The van der Waals surface area contributed by atoms with Crippen molar-refractivity contribution in [1.82, 2.24) is 4.57 Å². The van der Waals surface area contributed by atoms with Gasteiger partial charge in [-0.15, -0.1) is 0 Å². The van der Waals surface area contributed by atoms with Crippen LogP contribution in [0.15, 0.2) is 39.6 Å². The van der Waals surface area contributed by atoms with Crippen LogP contribution < -0.4 is 10.3 Å². The predicted octanol–water partition coefficient (Wildman–Crippen LogP) is 2.29. The number of rotatable bonds is 3. The van der Waals surface area contributed by atoms with E-state index in [0.29, 0.717) is 6.61 Å².